The van der Waals surface area contributed by atoms with Crippen LogP contribution in [0, 0.1) is 25.7 Å². The zero-order valence-corrected chi connectivity index (χ0v) is 24.4. The fraction of sp³-hybridized carbons (Fsp3) is 0.484. The first-order valence-corrected chi connectivity index (χ1v) is 14.9. The Balaban J connectivity index is 1.31. The normalized spacial score (nSPS) is 22.6. The number of ether oxygens (including phenoxy) is 1. The molecule has 0 radical (unpaired) electrons. The number of nitrogens with zero attached hydrogens (tertiary/aromatic N) is 6. The van der Waals surface area contributed by atoms with E-state index in [-0.39, 0.29) is 11.9 Å². The Hall–Kier alpha value is -3.99. The molecular formula is C31H37FN8O2. The maximum absolute atomic E-state index is 13.8. The van der Waals surface area contributed by atoms with E-state index in [0.717, 1.165) is 72.6 Å². The van der Waals surface area contributed by atoms with Crippen molar-refractivity contribution in [2.75, 3.05) is 43.1 Å². The summed E-state index contributed by atoms with van der Waals surface area (Å²) >= 11 is 0. The van der Waals surface area contributed by atoms with Gasteiger partial charge in [0.15, 0.2) is 0 Å². The number of amides is 1. The molecule has 1 saturated heterocycles. The summed E-state index contributed by atoms with van der Waals surface area (Å²) in [6, 6.07) is 9.63. The molecular weight excluding hydrogens is 535 g/mol. The average Bonchev–Trinajstić information content (AvgIpc) is 3.65. The van der Waals surface area contributed by atoms with Crippen LogP contribution in [0.25, 0.3) is 22.3 Å². The zero-order chi connectivity index (χ0) is 29.0. The van der Waals surface area contributed by atoms with Crippen molar-refractivity contribution in [1.82, 2.24) is 29.6 Å². The summed E-state index contributed by atoms with van der Waals surface area (Å²) in [5, 5.41) is 11.0. The van der Waals surface area contributed by atoms with Gasteiger partial charge < -0.3 is 19.5 Å². The van der Waals surface area contributed by atoms with Crippen molar-refractivity contribution >= 4 is 28.6 Å². The Bertz CT molecular complexity index is 1660. The fourth-order valence-electron chi connectivity index (χ4n) is 6.90. The number of fused-ring (bicyclic) bond motifs is 9. The lowest BCUT2D eigenvalue weighted by Gasteiger charge is -2.34. The van der Waals surface area contributed by atoms with Gasteiger partial charge in [-0.3, -0.25) is 15.1 Å². The molecule has 220 valence electrons. The van der Waals surface area contributed by atoms with Gasteiger partial charge in [-0.15, -0.1) is 0 Å². The summed E-state index contributed by atoms with van der Waals surface area (Å²) in [5.41, 5.74) is 6.38. The molecule has 7 rings (SSSR count). The Kier molecular flexibility index (Phi) is 6.84. The number of hydrogen-bond acceptors (Lipinski definition) is 7. The monoisotopic (exact) mass is 572 g/mol. The van der Waals surface area contributed by atoms with Gasteiger partial charge >= 0.3 is 0 Å². The van der Waals surface area contributed by atoms with Crippen molar-refractivity contribution in [3.8, 4) is 17.1 Å². The van der Waals surface area contributed by atoms with E-state index in [1.807, 2.05) is 39.1 Å². The molecule has 2 fully saturated rings. The first kappa shape index (κ1) is 26.9. The van der Waals surface area contributed by atoms with Crippen molar-refractivity contribution in [3.05, 3.63) is 47.3 Å². The van der Waals surface area contributed by atoms with Crippen LogP contribution < -0.4 is 20.3 Å². The van der Waals surface area contributed by atoms with Crippen LogP contribution in [-0.2, 0) is 13.6 Å². The SMILES string of the molecule is Cc1cc2cc(n1)-c1c(C)nn(C)c1OC[C@H]1CC[C@H](C1)Cn1c(nc3ccc(N4CCN[C@@H](CF)C4)cc31)NC2=O. The number of carbonyl (C=O) groups is 1. The van der Waals surface area contributed by atoms with Crippen LogP contribution in [0.1, 0.15) is 41.0 Å². The molecule has 1 aromatic carbocycles. The van der Waals surface area contributed by atoms with Gasteiger partial charge in [0.2, 0.25) is 11.8 Å². The van der Waals surface area contributed by atoms with Gasteiger partial charge in [0.25, 0.3) is 5.91 Å². The maximum atomic E-state index is 13.8. The quantitative estimate of drug-likeness (QED) is 0.370. The standard InChI is InChI=1S/C31H37FN8O2/c1-18-10-22-12-26(34-18)28-19(2)37-38(3)30(28)42-17-21-5-4-20(11-21)15-40-27-13-24(39-9-8-33-23(14-32)16-39)6-7-25(27)35-31(40)36-29(22)41/h6-7,10,12-13,20-21,23,33H,4-5,8-9,11,14-17H2,1-3H3,(H,35,36,41)/t20-,21+,23+/m1/s1. The molecule has 4 aromatic rings. The van der Waals surface area contributed by atoms with Gasteiger partial charge in [0, 0.05) is 50.2 Å². The molecule has 0 spiro atoms. The Morgan fingerprint density at radius 1 is 1.10 bits per heavy atom. The second-order valence-electron chi connectivity index (χ2n) is 12.1. The van der Waals surface area contributed by atoms with Crippen LogP contribution in [0.5, 0.6) is 5.88 Å². The summed E-state index contributed by atoms with van der Waals surface area (Å²) in [6.45, 7) is 6.97. The average molecular weight is 573 g/mol. The van der Waals surface area contributed by atoms with Gasteiger partial charge in [-0.1, -0.05) is 0 Å². The van der Waals surface area contributed by atoms with Gasteiger partial charge in [-0.05, 0) is 75.3 Å². The smallest absolute Gasteiger partial charge is 0.258 e. The third-order valence-electron chi connectivity index (χ3n) is 8.95. The number of benzene rings is 1. The summed E-state index contributed by atoms with van der Waals surface area (Å²) < 4.78 is 23.8. The van der Waals surface area contributed by atoms with E-state index < -0.39 is 6.67 Å². The molecule has 0 unspecified atom stereocenters. The van der Waals surface area contributed by atoms with Crippen LogP contribution in [-0.4, -0.2) is 69.2 Å². The van der Waals surface area contributed by atoms with Crippen LogP contribution in [0.4, 0.5) is 16.0 Å². The third-order valence-corrected chi connectivity index (χ3v) is 8.95. The summed E-state index contributed by atoms with van der Waals surface area (Å²) in [6.07, 6.45) is 3.18. The van der Waals surface area contributed by atoms with E-state index in [4.69, 9.17) is 14.7 Å². The number of carbonyl (C=O) groups excluding carboxylic acids is 1. The number of piperazine rings is 1. The molecule has 5 heterocycles. The van der Waals surface area contributed by atoms with Crippen molar-refractivity contribution in [1.29, 1.82) is 0 Å². The van der Waals surface area contributed by atoms with Crippen molar-refractivity contribution in [3.63, 3.8) is 0 Å². The number of pyridine rings is 1. The molecule has 1 saturated carbocycles. The second kappa shape index (κ2) is 10.7. The minimum Gasteiger partial charge on any atom is -0.477 e. The largest absolute Gasteiger partial charge is 0.477 e. The fourth-order valence-corrected chi connectivity index (χ4v) is 6.90. The molecule has 3 aliphatic rings. The minimum atomic E-state index is -0.392. The maximum Gasteiger partial charge on any atom is 0.258 e. The van der Waals surface area contributed by atoms with E-state index in [1.54, 1.807) is 10.7 Å². The molecule has 11 heteroatoms. The highest BCUT2D eigenvalue weighted by Crippen LogP contribution is 2.38. The van der Waals surface area contributed by atoms with E-state index in [1.165, 1.54) is 0 Å². The number of alkyl halides is 1. The number of aryl methyl sites for hydroxylation is 3. The highest BCUT2D eigenvalue weighted by Gasteiger charge is 2.30. The summed E-state index contributed by atoms with van der Waals surface area (Å²) in [5.74, 6) is 1.83. The van der Waals surface area contributed by atoms with Gasteiger partial charge in [-0.2, -0.15) is 5.10 Å². The molecule has 42 heavy (non-hydrogen) atoms. The number of anilines is 2. The number of aromatic nitrogens is 5. The molecule has 1 amide bonds. The van der Waals surface area contributed by atoms with E-state index in [9.17, 15) is 9.18 Å². The van der Waals surface area contributed by atoms with Crippen molar-refractivity contribution in [2.45, 2.75) is 45.7 Å². The lowest BCUT2D eigenvalue weighted by molar-refractivity contribution is 0.102. The minimum absolute atomic E-state index is 0.172. The van der Waals surface area contributed by atoms with Crippen molar-refractivity contribution in [2.24, 2.45) is 18.9 Å². The predicted octanol–water partition coefficient (Wildman–Crippen LogP) is 4.26. The number of hydrogen-bond donors (Lipinski definition) is 2. The molecule has 3 atom stereocenters. The number of halogens is 1. The Morgan fingerprint density at radius 3 is 2.81 bits per heavy atom. The third kappa shape index (κ3) is 4.89. The van der Waals surface area contributed by atoms with Crippen LogP contribution in [0.15, 0.2) is 30.3 Å². The molecule has 2 N–H and O–H groups in total. The number of rotatable bonds is 2. The van der Waals surface area contributed by atoms with E-state index in [2.05, 4.69) is 31.3 Å². The molecule has 3 aromatic heterocycles. The second-order valence-corrected chi connectivity index (χ2v) is 12.1. The van der Waals surface area contributed by atoms with E-state index in [0.29, 0.717) is 48.1 Å². The molecule has 1 aliphatic carbocycles. The van der Waals surface area contributed by atoms with E-state index >= 15 is 0 Å². The first-order valence-electron chi connectivity index (χ1n) is 14.9. The predicted molar refractivity (Wildman–Crippen MR) is 160 cm³/mol. The topological polar surface area (TPSA) is 102 Å². The van der Waals surface area contributed by atoms with Gasteiger partial charge in [-0.25, -0.2) is 14.1 Å². The molecule has 2 aliphatic heterocycles. The highest BCUT2D eigenvalue weighted by atomic mass is 19.1. The Labute approximate surface area is 244 Å². The van der Waals surface area contributed by atoms with Gasteiger partial charge in [0.05, 0.1) is 40.6 Å². The summed E-state index contributed by atoms with van der Waals surface area (Å²) in [7, 11) is 1.89. The summed E-state index contributed by atoms with van der Waals surface area (Å²) in [4.78, 5) is 25.6. The zero-order valence-electron chi connectivity index (χ0n) is 24.4. The Morgan fingerprint density at radius 2 is 1.95 bits per heavy atom. The van der Waals surface area contributed by atoms with Crippen LogP contribution in [0.3, 0.4) is 0 Å². The highest BCUT2D eigenvalue weighted by molar-refractivity contribution is 6.05. The molecule has 10 nitrogen and oxygen atoms in total. The van der Waals surface area contributed by atoms with Crippen LogP contribution >= 0.6 is 0 Å². The number of imidazole rings is 1. The molecule has 4 bridgehead atoms. The van der Waals surface area contributed by atoms with Crippen molar-refractivity contribution < 1.29 is 13.9 Å². The lowest BCUT2D eigenvalue weighted by Crippen LogP contribution is -2.51. The van der Waals surface area contributed by atoms with Gasteiger partial charge in [0.1, 0.15) is 6.67 Å². The lowest BCUT2D eigenvalue weighted by atomic mass is 10.1. The van der Waals surface area contributed by atoms with Crippen LogP contribution in [0.2, 0.25) is 0 Å². The number of nitrogens with one attached hydrogen (secondary N) is 2. The first-order chi connectivity index (χ1) is 20.4.